The van der Waals surface area contributed by atoms with Gasteiger partial charge in [-0.1, -0.05) is 20.8 Å². The number of rotatable bonds is 12. The molecule has 3 aromatic rings. The van der Waals surface area contributed by atoms with Gasteiger partial charge < -0.3 is 28.8 Å². The molecule has 17 nitrogen and oxygen atoms in total. The average Bonchev–Trinajstić information content (AvgIpc) is 3.71. The predicted molar refractivity (Wildman–Crippen MR) is 162 cm³/mol. The molecule has 18 heteroatoms. The van der Waals surface area contributed by atoms with Crippen LogP contribution in [-0.2, 0) is 63.0 Å². The number of fused-ring (bicyclic) bond motifs is 1. The van der Waals surface area contributed by atoms with Crippen LogP contribution in [0.25, 0.3) is 16.7 Å². The highest BCUT2D eigenvalue weighted by Crippen LogP contribution is 2.38. The van der Waals surface area contributed by atoms with E-state index in [0.29, 0.717) is 16.8 Å². The van der Waals surface area contributed by atoms with Crippen LogP contribution in [0.2, 0.25) is 0 Å². The number of aromatic nitrogens is 3. The van der Waals surface area contributed by atoms with Crippen LogP contribution in [0.4, 0.5) is 0 Å². The summed E-state index contributed by atoms with van der Waals surface area (Å²) in [5.41, 5.74) is 0.529. The number of benzene rings is 2. The zero-order chi connectivity index (χ0) is 35.7. The fourth-order valence-electron chi connectivity index (χ4n) is 4.90. The van der Waals surface area contributed by atoms with Crippen molar-refractivity contribution in [1.29, 1.82) is 0 Å². The minimum atomic E-state index is -4.00. The standard InChI is InChI=1S/C31H31N3O14S/c1-31(2,3)20-11-16(44-7-4-8-45-27(38)18-14-24(35)47-29(18)40)12-23(26(20)37)34-32-21-6-5-17(13-22(21)33-34)49(42,43)10-9-46-28(39)19-15-25(36)48-30(19)41/h5-6,11-13,18-19,37H,4,7-10,14-15H2,1-3H3. The molecule has 2 aliphatic heterocycles. The first kappa shape index (κ1) is 34.9. The number of phenolic OH excluding ortho intramolecular Hbond substituents is 1. The van der Waals surface area contributed by atoms with Crippen LogP contribution < -0.4 is 4.74 Å². The molecular formula is C31H31N3O14S. The highest BCUT2D eigenvalue weighted by molar-refractivity contribution is 7.91. The molecule has 5 rings (SSSR count). The number of carbonyl (C=O) groups excluding carboxylic acids is 6. The Morgan fingerprint density at radius 1 is 0.878 bits per heavy atom. The summed E-state index contributed by atoms with van der Waals surface area (Å²) in [6.07, 6.45) is -0.604. The normalized spacial score (nSPS) is 18.0. The van der Waals surface area contributed by atoms with Crippen LogP contribution in [0.1, 0.15) is 45.6 Å². The molecule has 2 fully saturated rings. The number of phenols is 1. The molecular weight excluding hydrogens is 670 g/mol. The summed E-state index contributed by atoms with van der Waals surface area (Å²) in [5.74, 6) is -8.70. The summed E-state index contributed by atoms with van der Waals surface area (Å²) >= 11 is 0. The van der Waals surface area contributed by atoms with Crippen molar-refractivity contribution in [1.82, 2.24) is 15.0 Å². The lowest BCUT2D eigenvalue weighted by atomic mass is 9.86. The van der Waals surface area contributed by atoms with Crippen molar-refractivity contribution in [2.45, 2.75) is 50.3 Å². The maximum absolute atomic E-state index is 13.0. The molecule has 0 spiro atoms. The summed E-state index contributed by atoms with van der Waals surface area (Å²) in [6, 6.07) is 7.11. The smallest absolute Gasteiger partial charge is 0.328 e. The Morgan fingerprint density at radius 2 is 1.47 bits per heavy atom. The van der Waals surface area contributed by atoms with Crippen LogP contribution in [0, 0.1) is 11.8 Å². The van der Waals surface area contributed by atoms with Crippen molar-refractivity contribution in [3.8, 4) is 17.2 Å². The third kappa shape index (κ3) is 7.85. The van der Waals surface area contributed by atoms with E-state index in [1.54, 1.807) is 6.07 Å². The van der Waals surface area contributed by atoms with E-state index in [1.165, 1.54) is 24.3 Å². The Hall–Kier alpha value is -5.39. The number of nitrogens with zero attached hydrogens (tertiary/aromatic N) is 3. The van der Waals surface area contributed by atoms with E-state index in [4.69, 9.17) is 14.2 Å². The number of aromatic hydroxyl groups is 1. The van der Waals surface area contributed by atoms with Gasteiger partial charge in [-0.2, -0.15) is 0 Å². The molecule has 3 heterocycles. The van der Waals surface area contributed by atoms with Gasteiger partial charge in [-0.05, 0) is 29.7 Å². The van der Waals surface area contributed by atoms with E-state index >= 15 is 0 Å². The Labute approximate surface area is 278 Å². The quantitative estimate of drug-likeness (QED) is 0.121. The fraction of sp³-hybridized carbons (Fsp3) is 0.419. The maximum atomic E-state index is 13.0. The van der Waals surface area contributed by atoms with Gasteiger partial charge in [0.2, 0.25) is 0 Å². The summed E-state index contributed by atoms with van der Waals surface area (Å²) in [6.45, 7) is 5.02. The van der Waals surface area contributed by atoms with E-state index in [9.17, 15) is 42.3 Å². The third-order valence-corrected chi connectivity index (χ3v) is 9.18. The Balaban J connectivity index is 1.27. The van der Waals surface area contributed by atoms with E-state index < -0.39 is 81.7 Å². The molecule has 1 N–H and O–H groups in total. The van der Waals surface area contributed by atoms with Crippen LogP contribution in [-0.4, -0.2) is 89.9 Å². The average molecular weight is 702 g/mol. The monoisotopic (exact) mass is 701 g/mol. The Bertz CT molecular complexity index is 1980. The summed E-state index contributed by atoms with van der Waals surface area (Å²) in [7, 11) is -4.00. The van der Waals surface area contributed by atoms with Crippen molar-refractivity contribution < 1.29 is 66.0 Å². The fourth-order valence-corrected chi connectivity index (χ4v) is 6.00. The molecule has 1 aromatic heterocycles. The van der Waals surface area contributed by atoms with Gasteiger partial charge in [0.15, 0.2) is 21.7 Å². The third-order valence-electron chi connectivity index (χ3n) is 7.50. The molecule has 2 aliphatic rings. The number of esters is 6. The number of hydrogen-bond acceptors (Lipinski definition) is 16. The first-order valence-corrected chi connectivity index (χ1v) is 16.6. The van der Waals surface area contributed by atoms with Crippen molar-refractivity contribution in [3.63, 3.8) is 0 Å². The van der Waals surface area contributed by atoms with Crippen LogP contribution in [0.5, 0.6) is 11.5 Å². The molecule has 0 radical (unpaired) electrons. The molecule has 2 aromatic carbocycles. The number of cyclic esters (lactones) is 4. The second-order valence-electron chi connectivity index (χ2n) is 12.2. The van der Waals surface area contributed by atoms with Crippen molar-refractivity contribution in [3.05, 3.63) is 35.9 Å². The molecule has 2 atom stereocenters. The molecule has 0 saturated carbocycles. The molecule has 0 amide bonds. The van der Waals surface area contributed by atoms with E-state index in [-0.39, 0.29) is 47.9 Å². The molecule has 49 heavy (non-hydrogen) atoms. The minimum Gasteiger partial charge on any atom is -0.505 e. The van der Waals surface area contributed by atoms with Gasteiger partial charge in [0.25, 0.3) is 0 Å². The van der Waals surface area contributed by atoms with E-state index in [0.717, 1.165) is 4.80 Å². The highest BCUT2D eigenvalue weighted by Gasteiger charge is 2.41. The number of sulfone groups is 1. The number of hydrogen-bond donors (Lipinski definition) is 1. The first-order valence-electron chi connectivity index (χ1n) is 15.0. The van der Waals surface area contributed by atoms with Gasteiger partial charge in [-0.15, -0.1) is 15.0 Å². The topological polar surface area (TPSA) is 234 Å². The van der Waals surface area contributed by atoms with E-state index in [2.05, 4.69) is 19.7 Å². The van der Waals surface area contributed by atoms with Gasteiger partial charge in [0.1, 0.15) is 34.8 Å². The van der Waals surface area contributed by atoms with Gasteiger partial charge in [0, 0.05) is 18.1 Å². The zero-order valence-electron chi connectivity index (χ0n) is 26.5. The largest absolute Gasteiger partial charge is 0.505 e. The van der Waals surface area contributed by atoms with Crippen LogP contribution in [0.3, 0.4) is 0 Å². The lowest BCUT2D eigenvalue weighted by Gasteiger charge is -2.23. The second-order valence-corrected chi connectivity index (χ2v) is 14.3. The number of carbonyl (C=O) groups is 6. The highest BCUT2D eigenvalue weighted by atomic mass is 32.2. The Kier molecular flexibility index (Phi) is 9.71. The van der Waals surface area contributed by atoms with E-state index in [1.807, 2.05) is 20.8 Å². The molecule has 0 bridgehead atoms. The summed E-state index contributed by atoms with van der Waals surface area (Å²) < 4.78 is 50.5. The van der Waals surface area contributed by atoms with Crippen molar-refractivity contribution in [2.24, 2.45) is 11.8 Å². The van der Waals surface area contributed by atoms with Gasteiger partial charge in [0.05, 0.1) is 36.7 Å². The van der Waals surface area contributed by atoms with Gasteiger partial charge in [-0.25, -0.2) is 8.42 Å². The SMILES string of the molecule is CC(C)(C)c1cc(OCCCOC(=O)C2CC(=O)OC2=O)cc(-n2nc3ccc(S(=O)(=O)CCOC(=O)C4CC(=O)OC4=O)cc3n2)c1O. The number of ether oxygens (including phenoxy) is 5. The Morgan fingerprint density at radius 3 is 2.04 bits per heavy atom. The lowest BCUT2D eigenvalue weighted by molar-refractivity contribution is -0.160. The lowest BCUT2D eigenvalue weighted by Crippen LogP contribution is -2.24. The van der Waals surface area contributed by atoms with Crippen LogP contribution in [0.15, 0.2) is 35.2 Å². The van der Waals surface area contributed by atoms with Gasteiger partial charge >= 0.3 is 35.8 Å². The summed E-state index contributed by atoms with van der Waals surface area (Å²) in [4.78, 5) is 70.7. The maximum Gasteiger partial charge on any atom is 0.328 e. The molecule has 2 unspecified atom stereocenters. The van der Waals surface area contributed by atoms with Crippen molar-refractivity contribution in [2.75, 3.05) is 25.6 Å². The molecule has 0 aliphatic carbocycles. The summed E-state index contributed by atoms with van der Waals surface area (Å²) in [5, 5.41) is 20.0. The second kappa shape index (κ2) is 13.6. The minimum absolute atomic E-state index is 0.0725. The zero-order valence-corrected chi connectivity index (χ0v) is 27.3. The van der Waals surface area contributed by atoms with Crippen LogP contribution >= 0.6 is 0 Å². The predicted octanol–water partition coefficient (Wildman–Crippen LogP) is 1.23. The molecule has 260 valence electrons. The van der Waals surface area contributed by atoms with Gasteiger partial charge in [-0.3, -0.25) is 28.8 Å². The first-order chi connectivity index (χ1) is 23.0. The van der Waals surface area contributed by atoms with Crippen molar-refractivity contribution >= 4 is 56.7 Å². The molecule has 2 saturated heterocycles.